The molecule has 1 fully saturated rings. The molecule has 1 saturated heterocycles. The van der Waals surface area contributed by atoms with Crippen LogP contribution in [-0.4, -0.2) is 44.3 Å². The van der Waals surface area contributed by atoms with Crippen LogP contribution >= 0.6 is 0 Å². The van der Waals surface area contributed by atoms with Crippen molar-refractivity contribution in [2.45, 2.75) is 32.4 Å². The normalized spacial score (nSPS) is 15.3. The summed E-state index contributed by atoms with van der Waals surface area (Å²) in [6.07, 6.45) is 7.20. The zero-order chi connectivity index (χ0) is 17.8. The summed E-state index contributed by atoms with van der Waals surface area (Å²) < 4.78 is 0. The maximum Gasteiger partial charge on any atom is 0.201 e. The molecule has 0 saturated carbocycles. The van der Waals surface area contributed by atoms with Crippen LogP contribution in [0.3, 0.4) is 0 Å². The number of hydrogen-bond donors (Lipinski definition) is 2. The molecule has 3 aromatic rings. The number of anilines is 1. The Kier molecular flexibility index (Phi) is 4.88. The van der Waals surface area contributed by atoms with Gasteiger partial charge < -0.3 is 10.2 Å². The third-order valence-electron chi connectivity index (χ3n) is 4.78. The summed E-state index contributed by atoms with van der Waals surface area (Å²) in [4.78, 5) is 15.2. The number of aromatic amines is 1. The number of hydrogen-bond acceptors (Lipinski definition) is 6. The Morgan fingerprint density at radius 1 is 1.15 bits per heavy atom. The van der Waals surface area contributed by atoms with Gasteiger partial charge in [-0.05, 0) is 31.9 Å². The van der Waals surface area contributed by atoms with E-state index in [0.717, 1.165) is 31.8 Å². The molecule has 0 unspecified atom stereocenters. The standard InChI is InChI=1S/C19H23N7/c1-14-2-4-16(5-3-14)26-10-6-15(7-11-26)22-13-18-23-19(25-24-18)17-12-20-8-9-21-17/h2-5,8-9,12,15,22H,6-7,10-11,13H2,1H3,(H,23,24,25). The topological polar surface area (TPSA) is 82.6 Å². The van der Waals surface area contributed by atoms with E-state index < -0.39 is 0 Å². The Morgan fingerprint density at radius 3 is 2.69 bits per heavy atom. The van der Waals surface area contributed by atoms with Crippen LogP contribution in [0.2, 0.25) is 0 Å². The Morgan fingerprint density at radius 2 is 1.96 bits per heavy atom. The van der Waals surface area contributed by atoms with Crippen molar-refractivity contribution in [2.24, 2.45) is 0 Å². The lowest BCUT2D eigenvalue weighted by Crippen LogP contribution is -2.42. The number of nitrogens with zero attached hydrogens (tertiary/aromatic N) is 5. The SMILES string of the molecule is Cc1ccc(N2CCC(NCc3nc(-c4cnccn4)n[nH]3)CC2)cc1. The summed E-state index contributed by atoms with van der Waals surface area (Å²) in [5.74, 6) is 1.41. The lowest BCUT2D eigenvalue weighted by atomic mass is 10.0. The van der Waals surface area contributed by atoms with Gasteiger partial charge in [0.15, 0.2) is 0 Å². The Bertz CT molecular complexity index is 821. The van der Waals surface area contributed by atoms with Gasteiger partial charge in [0.25, 0.3) is 0 Å². The van der Waals surface area contributed by atoms with E-state index in [0.29, 0.717) is 24.1 Å². The second-order valence-electron chi connectivity index (χ2n) is 6.67. The van der Waals surface area contributed by atoms with E-state index in [1.807, 2.05) is 0 Å². The third-order valence-corrected chi connectivity index (χ3v) is 4.78. The van der Waals surface area contributed by atoms with Gasteiger partial charge in [-0.1, -0.05) is 17.7 Å². The van der Waals surface area contributed by atoms with Gasteiger partial charge in [-0.2, -0.15) is 5.10 Å². The fourth-order valence-corrected chi connectivity index (χ4v) is 3.24. The first-order chi connectivity index (χ1) is 12.8. The van der Waals surface area contributed by atoms with Crippen molar-refractivity contribution in [3.05, 3.63) is 54.2 Å². The van der Waals surface area contributed by atoms with Crippen LogP contribution in [0.4, 0.5) is 5.69 Å². The molecule has 0 aliphatic carbocycles. The van der Waals surface area contributed by atoms with Gasteiger partial charge in [-0.25, -0.2) is 9.97 Å². The van der Waals surface area contributed by atoms with E-state index in [-0.39, 0.29) is 0 Å². The maximum atomic E-state index is 4.49. The van der Waals surface area contributed by atoms with Crippen molar-refractivity contribution in [3.8, 4) is 11.5 Å². The number of aromatic nitrogens is 5. The predicted octanol–water partition coefficient (Wildman–Crippen LogP) is 2.33. The molecule has 0 amide bonds. The molecule has 2 N–H and O–H groups in total. The summed E-state index contributed by atoms with van der Waals surface area (Å²) in [6, 6.07) is 9.29. The fourth-order valence-electron chi connectivity index (χ4n) is 3.24. The van der Waals surface area contributed by atoms with Gasteiger partial charge >= 0.3 is 0 Å². The van der Waals surface area contributed by atoms with Crippen LogP contribution in [0.15, 0.2) is 42.9 Å². The average molecular weight is 349 g/mol. The molecule has 3 heterocycles. The van der Waals surface area contributed by atoms with Crippen molar-refractivity contribution < 1.29 is 0 Å². The zero-order valence-corrected chi connectivity index (χ0v) is 14.9. The number of nitrogens with one attached hydrogen (secondary N) is 2. The van der Waals surface area contributed by atoms with E-state index in [1.54, 1.807) is 18.6 Å². The largest absolute Gasteiger partial charge is 0.371 e. The quantitative estimate of drug-likeness (QED) is 0.736. The van der Waals surface area contributed by atoms with Crippen molar-refractivity contribution in [1.29, 1.82) is 0 Å². The van der Waals surface area contributed by atoms with Crippen LogP contribution in [-0.2, 0) is 6.54 Å². The van der Waals surface area contributed by atoms with Gasteiger partial charge in [0.1, 0.15) is 11.5 Å². The first-order valence-electron chi connectivity index (χ1n) is 9.00. The second-order valence-corrected chi connectivity index (χ2v) is 6.67. The van der Waals surface area contributed by atoms with E-state index in [9.17, 15) is 0 Å². The predicted molar refractivity (Wildman–Crippen MR) is 101 cm³/mol. The molecule has 4 rings (SSSR count). The molecule has 1 aromatic carbocycles. The lowest BCUT2D eigenvalue weighted by molar-refractivity contribution is 0.410. The number of aryl methyl sites for hydroxylation is 1. The smallest absolute Gasteiger partial charge is 0.201 e. The molecule has 1 aliphatic rings. The number of rotatable bonds is 5. The lowest BCUT2D eigenvalue weighted by Gasteiger charge is -2.34. The van der Waals surface area contributed by atoms with Crippen LogP contribution in [0.5, 0.6) is 0 Å². The van der Waals surface area contributed by atoms with E-state index in [2.05, 4.69) is 66.6 Å². The van der Waals surface area contributed by atoms with Gasteiger partial charge in [0.05, 0.1) is 12.7 Å². The van der Waals surface area contributed by atoms with Crippen molar-refractivity contribution >= 4 is 5.69 Å². The average Bonchev–Trinajstić information content (AvgIpc) is 3.17. The van der Waals surface area contributed by atoms with Crippen molar-refractivity contribution in [1.82, 2.24) is 30.5 Å². The first-order valence-corrected chi connectivity index (χ1v) is 9.00. The van der Waals surface area contributed by atoms with Gasteiger partial charge in [-0.15, -0.1) is 0 Å². The monoisotopic (exact) mass is 349 g/mol. The molecule has 1 aliphatic heterocycles. The summed E-state index contributed by atoms with van der Waals surface area (Å²) in [5, 5.41) is 10.8. The third kappa shape index (κ3) is 3.88. The Hall–Kier alpha value is -2.80. The highest BCUT2D eigenvalue weighted by Crippen LogP contribution is 2.20. The molecular formula is C19H23N7. The minimum absolute atomic E-state index is 0.502. The van der Waals surface area contributed by atoms with Gasteiger partial charge in [-0.3, -0.25) is 10.1 Å². The van der Waals surface area contributed by atoms with Crippen LogP contribution in [0, 0.1) is 6.92 Å². The number of H-pyrrole nitrogens is 1. The zero-order valence-electron chi connectivity index (χ0n) is 14.9. The second kappa shape index (κ2) is 7.61. The highest BCUT2D eigenvalue weighted by atomic mass is 15.2. The van der Waals surface area contributed by atoms with Crippen molar-refractivity contribution in [2.75, 3.05) is 18.0 Å². The number of benzene rings is 1. The summed E-state index contributed by atoms with van der Waals surface area (Å²) in [5.41, 5.74) is 3.30. The molecule has 0 atom stereocenters. The molecule has 0 bridgehead atoms. The fraction of sp³-hybridized carbons (Fsp3) is 0.368. The van der Waals surface area contributed by atoms with Gasteiger partial charge in [0.2, 0.25) is 5.82 Å². The molecule has 7 heteroatoms. The van der Waals surface area contributed by atoms with E-state index >= 15 is 0 Å². The molecule has 0 spiro atoms. The summed E-state index contributed by atoms with van der Waals surface area (Å²) in [6.45, 7) is 4.95. The molecule has 134 valence electrons. The van der Waals surface area contributed by atoms with E-state index in [4.69, 9.17) is 0 Å². The molecule has 2 aromatic heterocycles. The molecule has 0 radical (unpaired) electrons. The molecule has 26 heavy (non-hydrogen) atoms. The van der Waals surface area contributed by atoms with Crippen LogP contribution in [0.25, 0.3) is 11.5 Å². The molecule has 7 nitrogen and oxygen atoms in total. The first kappa shape index (κ1) is 16.7. The van der Waals surface area contributed by atoms with E-state index in [1.165, 1.54) is 11.3 Å². The Balaban J connectivity index is 1.27. The summed E-state index contributed by atoms with van der Waals surface area (Å²) in [7, 11) is 0. The summed E-state index contributed by atoms with van der Waals surface area (Å²) >= 11 is 0. The Labute approximate surface area is 152 Å². The van der Waals surface area contributed by atoms with Gasteiger partial charge in [0, 0.05) is 37.2 Å². The minimum Gasteiger partial charge on any atom is -0.371 e. The van der Waals surface area contributed by atoms with Crippen LogP contribution < -0.4 is 10.2 Å². The highest BCUT2D eigenvalue weighted by Gasteiger charge is 2.19. The molecular weight excluding hydrogens is 326 g/mol. The minimum atomic E-state index is 0.502. The van der Waals surface area contributed by atoms with Crippen LogP contribution in [0.1, 0.15) is 24.2 Å². The maximum absolute atomic E-state index is 4.49. The van der Waals surface area contributed by atoms with Crippen molar-refractivity contribution in [3.63, 3.8) is 0 Å². The highest BCUT2D eigenvalue weighted by molar-refractivity contribution is 5.48. The number of piperidine rings is 1.